The third kappa shape index (κ3) is 4.59. The largest absolute Gasteiger partial charge is 0.313 e. The van der Waals surface area contributed by atoms with Crippen molar-refractivity contribution in [1.29, 1.82) is 0 Å². The van der Waals surface area contributed by atoms with Gasteiger partial charge in [-0.15, -0.1) is 0 Å². The highest BCUT2D eigenvalue weighted by molar-refractivity contribution is 4.80. The fourth-order valence-corrected chi connectivity index (χ4v) is 3.36. The monoisotopic (exact) mass is 238 g/mol. The van der Waals surface area contributed by atoms with Crippen LogP contribution in [0.4, 0.5) is 0 Å². The maximum Gasteiger partial charge on any atom is 0.0107 e. The molecule has 100 valence electrons. The van der Waals surface area contributed by atoms with Gasteiger partial charge in [-0.3, -0.25) is 0 Å². The Hall–Kier alpha value is -0.0800. The van der Waals surface area contributed by atoms with Crippen molar-refractivity contribution >= 4 is 0 Å². The first-order valence-corrected chi connectivity index (χ1v) is 7.84. The van der Waals surface area contributed by atoms with Crippen molar-refractivity contribution in [2.75, 3.05) is 26.2 Å². The lowest BCUT2D eigenvalue weighted by atomic mass is 9.95. The van der Waals surface area contributed by atoms with Gasteiger partial charge in [-0.05, 0) is 25.2 Å². The Morgan fingerprint density at radius 3 is 2.41 bits per heavy atom. The van der Waals surface area contributed by atoms with E-state index in [1.807, 2.05) is 0 Å². The van der Waals surface area contributed by atoms with Crippen molar-refractivity contribution in [1.82, 2.24) is 10.2 Å². The smallest absolute Gasteiger partial charge is 0.0107 e. The molecule has 17 heavy (non-hydrogen) atoms. The Kier molecular flexibility index (Phi) is 5.79. The van der Waals surface area contributed by atoms with Gasteiger partial charge >= 0.3 is 0 Å². The molecule has 1 N–H and O–H groups in total. The Morgan fingerprint density at radius 2 is 1.76 bits per heavy atom. The molecular weight excluding hydrogens is 208 g/mol. The molecule has 2 heteroatoms. The summed E-state index contributed by atoms with van der Waals surface area (Å²) in [5, 5.41) is 3.77. The number of likely N-dealkylation sites (tertiary alicyclic amines) is 1. The van der Waals surface area contributed by atoms with Gasteiger partial charge < -0.3 is 10.2 Å². The van der Waals surface area contributed by atoms with E-state index in [1.54, 1.807) is 0 Å². The lowest BCUT2D eigenvalue weighted by molar-refractivity contribution is 0.0937. The maximum absolute atomic E-state index is 3.77. The molecule has 0 atom stereocenters. The predicted molar refractivity (Wildman–Crippen MR) is 74.3 cm³/mol. The average Bonchev–Trinajstić information content (AvgIpc) is 2.54. The Morgan fingerprint density at radius 1 is 1.06 bits per heavy atom. The molecule has 1 heterocycles. The molecule has 1 saturated carbocycles. The van der Waals surface area contributed by atoms with Gasteiger partial charge in [0.25, 0.3) is 0 Å². The van der Waals surface area contributed by atoms with E-state index in [0.717, 1.165) is 12.0 Å². The van der Waals surface area contributed by atoms with Crippen molar-refractivity contribution < 1.29 is 0 Å². The summed E-state index contributed by atoms with van der Waals surface area (Å²) in [6.45, 7) is 7.51. The summed E-state index contributed by atoms with van der Waals surface area (Å²) in [5.41, 5.74) is 0. The fraction of sp³-hybridized carbons (Fsp3) is 1.00. The molecule has 1 aliphatic carbocycles. The molecule has 0 aromatic carbocycles. The van der Waals surface area contributed by atoms with Gasteiger partial charge in [0.05, 0.1) is 0 Å². The quantitative estimate of drug-likeness (QED) is 0.716. The number of rotatable bonds is 6. The van der Waals surface area contributed by atoms with E-state index in [-0.39, 0.29) is 0 Å². The standard InChI is InChI=1S/C15H30N2/c1-2-7-14-12-17(13-14)11-10-16-15-8-5-3-4-6-9-15/h14-16H,2-13H2,1H3. The summed E-state index contributed by atoms with van der Waals surface area (Å²) in [6, 6.07) is 0.824. The summed E-state index contributed by atoms with van der Waals surface area (Å²) in [4.78, 5) is 2.62. The molecule has 1 saturated heterocycles. The van der Waals surface area contributed by atoms with Crippen molar-refractivity contribution in [2.24, 2.45) is 5.92 Å². The molecule has 0 spiro atoms. The molecule has 2 nitrogen and oxygen atoms in total. The molecule has 1 aliphatic heterocycles. The first kappa shape index (κ1) is 13.4. The van der Waals surface area contributed by atoms with E-state index in [4.69, 9.17) is 0 Å². The summed E-state index contributed by atoms with van der Waals surface area (Å²) in [5.74, 6) is 1.01. The van der Waals surface area contributed by atoms with Crippen LogP contribution < -0.4 is 5.32 Å². The zero-order valence-electron chi connectivity index (χ0n) is 11.6. The zero-order valence-corrected chi connectivity index (χ0v) is 11.6. The second kappa shape index (κ2) is 7.38. The highest BCUT2D eigenvalue weighted by Gasteiger charge is 2.24. The number of nitrogens with one attached hydrogen (secondary N) is 1. The van der Waals surface area contributed by atoms with Crippen LogP contribution in [-0.2, 0) is 0 Å². The molecule has 0 aromatic heterocycles. The summed E-state index contributed by atoms with van der Waals surface area (Å²) in [7, 11) is 0. The number of nitrogens with zero attached hydrogens (tertiary/aromatic N) is 1. The Balaban J connectivity index is 1.49. The Bertz CT molecular complexity index is 191. The predicted octanol–water partition coefficient (Wildman–Crippen LogP) is 3.03. The Labute approximate surface area is 107 Å². The van der Waals surface area contributed by atoms with Crippen LogP contribution in [0.25, 0.3) is 0 Å². The van der Waals surface area contributed by atoms with Crippen LogP contribution >= 0.6 is 0 Å². The van der Waals surface area contributed by atoms with Crippen LogP contribution in [0.3, 0.4) is 0 Å². The second-order valence-corrected chi connectivity index (χ2v) is 6.06. The minimum atomic E-state index is 0.824. The van der Waals surface area contributed by atoms with Crippen LogP contribution in [0.1, 0.15) is 58.3 Å². The van der Waals surface area contributed by atoms with Crippen molar-refractivity contribution in [3.63, 3.8) is 0 Å². The van der Waals surface area contributed by atoms with Crippen LogP contribution in [0.15, 0.2) is 0 Å². The van der Waals surface area contributed by atoms with Gasteiger partial charge in [-0.25, -0.2) is 0 Å². The number of hydrogen-bond acceptors (Lipinski definition) is 2. The minimum Gasteiger partial charge on any atom is -0.313 e. The van der Waals surface area contributed by atoms with Gasteiger partial charge in [-0.1, -0.05) is 39.0 Å². The SMILES string of the molecule is CCCC1CN(CCNC2CCCCCC2)C1. The molecule has 2 fully saturated rings. The molecule has 0 bridgehead atoms. The lowest BCUT2D eigenvalue weighted by Crippen LogP contribution is -2.49. The third-order valence-corrected chi connectivity index (χ3v) is 4.45. The first-order valence-electron chi connectivity index (χ1n) is 7.84. The highest BCUT2D eigenvalue weighted by atomic mass is 15.2. The van der Waals surface area contributed by atoms with Crippen molar-refractivity contribution in [3.05, 3.63) is 0 Å². The lowest BCUT2D eigenvalue weighted by Gasteiger charge is -2.39. The van der Waals surface area contributed by atoms with Crippen molar-refractivity contribution in [2.45, 2.75) is 64.3 Å². The summed E-state index contributed by atoms with van der Waals surface area (Å²) in [6.07, 6.45) is 11.4. The topological polar surface area (TPSA) is 15.3 Å². The summed E-state index contributed by atoms with van der Waals surface area (Å²) < 4.78 is 0. The first-order chi connectivity index (χ1) is 8.38. The van der Waals surface area contributed by atoms with Crippen LogP contribution in [0, 0.1) is 5.92 Å². The van der Waals surface area contributed by atoms with Crippen LogP contribution in [0.2, 0.25) is 0 Å². The van der Waals surface area contributed by atoms with Crippen molar-refractivity contribution in [3.8, 4) is 0 Å². The van der Waals surface area contributed by atoms with Gasteiger partial charge in [-0.2, -0.15) is 0 Å². The van der Waals surface area contributed by atoms with Gasteiger partial charge in [0, 0.05) is 32.2 Å². The van der Waals surface area contributed by atoms with E-state index in [1.165, 1.54) is 77.5 Å². The van der Waals surface area contributed by atoms with Crippen LogP contribution in [0.5, 0.6) is 0 Å². The van der Waals surface area contributed by atoms with E-state index in [9.17, 15) is 0 Å². The maximum atomic E-state index is 3.77. The van der Waals surface area contributed by atoms with Gasteiger partial charge in [0.15, 0.2) is 0 Å². The van der Waals surface area contributed by atoms with Gasteiger partial charge in [0.2, 0.25) is 0 Å². The molecule has 2 aliphatic rings. The molecule has 0 radical (unpaired) electrons. The summed E-state index contributed by atoms with van der Waals surface area (Å²) >= 11 is 0. The average molecular weight is 238 g/mol. The van der Waals surface area contributed by atoms with E-state index < -0.39 is 0 Å². The normalized spacial score (nSPS) is 24.5. The van der Waals surface area contributed by atoms with Gasteiger partial charge in [0.1, 0.15) is 0 Å². The van der Waals surface area contributed by atoms with E-state index >= 15 is 0 Å². The number of hydrogen-bond donors (Lipinski definition) is 1. The van der Waals surface area contributed by atoms with Crippen LogP contribution in [-0.4, -0.2) is 37.1 Å². The second-order valence-electron chi connectivity index (χ2n) is 6.06. The molecule has 0 unspecified atom stereocenters. The molecule has 0 amide bonds. The fourth-order valence-electron chi connectivity index (χ4n) is 3.36. The zero-order chi connectivity index (χ0) is 11.9. The molecule has 0 aromatic rings. The minimum absolute atomic E-state index is 0.824. The van der Waals surface area contributed by atoms with E-state index in [0.29, 0.717) is 0 Å². The molecule has 2 rings (SSSR count). The highest BCUT2D eigenvalue weighted by Crippen LogP contribution is 2.20. The third-order valence-electron chi connectivity index (χ3n) is 4.45. The molecular formula is C15H30N2. The van der Waals surface area contributed by atoms with E-state index in [2.05, 4.69) is 17.1 Å².